The number of aliphatic hydroxyl groups excluding tert-OH is 1. The van der Waals surface area contributed by atoms with Gasteiger partial charge in [0.05, 0.1) is 6.10 Å². The molecular weight excluding hydrogens is 148 g/mol. The maximum Gasteiger partial charge on any atom is 0.302 e. The smallest absolute Gasteiger partial charge is 0.302 e. The fourth-order valence-corrected chi connectivity index (χ4v) is 0.996. The Morgan fingerprint density at radius 3 is 3.00 bits per heavy atom. The highest BCUT2D eigenvalue weighted by molar-refractivity contribution is 5.65. The first-order valence-corrected chi connectivity index (χ1v) is 3.63. The third-order valence-corrected chi connectivity index (χ3v) is 1.63. The van der Waals surface area contributed by atoms with Crippen LogP contribution in [0.4, 0.5) is 0 Å². The van der Waals surface area contributed by atoms with E-state index in [0.29, 0.717) is 13.0 Å². The van der Waals surface area contributed by atoms with Crippen molar-refractivity contribution >= 4 is 5.97 Å². The van der Waals surface area contributed by atoms with Gasteiger partial charge in [0.25, 0.3) is 0 Å². The van der Waals surface area contributed by atoms with Crippen LogP contribution < -0.4 is 0 Å². The molecule has 1 rings (SSSR count). The molecule has 1 aliphatic rings. The summed E-state index contributed by atoms with van der Waals surface area (Å²) in [7, 11) is 0. The molecule has 1 N–H and O–H groups in total. The zero-order chi connectivity index (χ0) is 8.27. The van der Waals surface area contributed by atoms with Crippen LogP contribution in [0, 0.1) is 0 Å². The quantitative estimate of drug-likeness (QED) is 0.563. The van der Waals surface area contributed by atoms with Crippen molar-refractivity contribution in [2.45, 2.75) is 25.6 Å². The van der Waals surface area contributed by atoms with Crippen molar-refractivity contribution < 1.29 is 19.4 Å². The van der Waals surface area contributed by atoms with Gasteiger partial charge < -0.3 is 14.6 Å². The van der Waals surface area contributed by atoms with Crippen LogP contribution in [-0.2, 0) is 14.3 Å². The molecule has 1 saturated heterocycles. The van der Waals surface area contributed by atoms with Crippen LogP contribution >= 0.6 is 0 Å². The van der Waals surface area contributed by atoms with Crippen LogP contribution in [0.2, 0.25) is 0 Å². The summed E-state index contributed by atoms with van der Waals surface area (Å²) in [5, 5.41) is 9.19. The summed E-state index contributed by atoms with van der Waals surface area (Å²) >= 11 is 0. The molecule has 0 unspecified atom stereocenters. The molecule has 4 nitrogen and oxygen atoms in total. The fraction of sp³-hybridized carbons (Fsp3) is 0.857. The van der Waals surface area contributed by atoms with E-state index in [4.69, 9.17) is 4.74 Å². The average molecular weight is 160 g/mol. The van der Waals surface area contributed by atoms with Crippen molar-refractivity contribution in [2.75, 3.05) is 13.2 Å². The number of hydrogen-bond acceptors (Lipinski definition) is 4. The summed E-state index contributed by atoms with van der Waals surface area (Å²) in [5.41, 5.74) is 0. The molecule has 64 valence electrons. The first kappa shape index (κ1) is 8.49. The van der Waals surface area contributed by atoms with Gasteiger partial charge in [-0.15, -0.1) is 0 Å². The van der Waals surface area contributed by atoms with E-state index < -0.39 is 6.10 Å². The van der Waals surface area contributed by atoms with Crippen LogP contribution in [0.5, 0.6) is 0 Å². The normalized spacial score (nSPS) is 30.4. The second-order valence-corrected chi connectivity index (χ2v) is 2.57. The molecule has 0 saturated carbocycles. The van der Waals surface area contributed by atoms with E-state index in [9.17, 15) is 9.90 Å². The molecule has 0 amide bonds. The Morgan fingerprint density at radius 1 is 1.82 bits per heavy atom. The van der Waals surface area contributed by atoms with Crippen molar-refractivity contribution in [1.29, 1.82) is 0 Å². The Kier molecular flexibility index (Phi) is 2.84. The van der Waals surface area contributed by atoms with E-state index in [1.54, 1.807) is 0 Å². The van der Waals surface area contributed by atoms with E-state index in [-0.39, 0.29) is 18.7 Å². The molecule has 0 bridgehead atoms. The molecule has 11 heavy (non-hydrogen) atoms. The molecular formula is C7H12O4. The van der Waals surface area contributed by atoms with Gasteiger partial charge in [0.1, 0.15) is 12.7 Å². The number of carbonyl (C=O) groups excluding carboxylic acids is 1. The highest BCUT2D eigenvalue weighted by Gasteiger charge is 2.26. The summed E-state index contributed by atoms with van der Waals surface area (Å²) in [6.45, 7) is 2.05. The van der Waals surface area contributed by atoms with Gasteiger partial charge in [-0.05, 0) is 6.42 Å². The summed E-state index contributed by atoms with van der Waals surface area (Å²) in [6, 6.07) is 0. The monoisotopic (exact) mass is 160 g/mol. The topological polar surface area (TPSA) is 55.8 Å². The molecule has 0 radical (unpaired) electrons. The number of hydrogen-bond donors (Lipinski definition) is 1. The molecule has 0 aromatic rings. The van der Waals surface area contributed by atoms with Crippen LogP contribution in [0.15, 0.2) is 0 Å². The van der Waals surface area contributed by atoms with Gasteiger partial charge in [0, 0.05) is 13.5 Å². The lowest BCUT2D eigenvalue weighted by molar-refractivity contribution is -0.145. The van der Waals surface area contributed by atoms with E-state index in [1.807, 2.05) is 0 Å². The summed E-state index contributed by atoms with van der Waals surface area (Å²) in [5.74, 6) is -0.340. The predicted octanol–water partition coefficient (Wildman–Crippen LogP) is -0.301. The van der Waals surface area contributed by atoms with Crippen molar-refractivity contribution in [3.8, 4) is 0 Å². The van der Waals surface area contributed by atoms with Crippen LogP contribution in [0.1, 0.15) is 13.3 Å². The number of ether oxygens (including phenoxy) is 2. The van der Waals surface area contributed by atoms with Gasteiger partial charge >= 0.3 is 5.97 Å². The minimum Gasteiger partial charge on any atom is -0.463 e. The molecule has 0 aromatic heterocycles. The Balaban J connectivity index is 2.20. The Bertz CT molecular complexity index is 145. The molecule has 0 spiro atoms. The zero-order valence-corrected chi connectivity index (χ0v) is 6.45. The highest BCUT2D eigenvalue weighted by atomic mass is 16.6. The number of esters is 1. The first-order valence-electron chi connectivity index (χ1n) is 3.63. The van der Waals surface area contributed by atoms with E-state index in [1.165, 1.54) is 6.92 Å². The van der Waals surface area contributed by atoms with Crippen LogP contribution in [0.25, 0.3) is 0 Å². The van der Waals surface area contributed by atoms with Gasteiger partial charge in [-0.3, -0.25) is 4.79 Å². The lowest BCUT2D eigenvalue weighted by Crippen LogP contribution is -2.27. The van der Waals surface area contributed by atoms with E-state index in [2.05, 4.69) is 4.74 Å². The largest absolute Gasteiger partial charge is 0.463 e. The standard InChI is InChI=1S/C7H12O4/c1-5(8)11-4-7-6(9)2-3-10-7/h6-7,9H,2-4H2,1H3/t6-,7+/m0/s1. The van der Waals surface area contributed by atoms with Gasteiger partial charge in [0.2, 0.25) is 0 Å². The first-order chi connectivity index (χ1) is 5.20. The molecule has 0 aliphatic carbocycles. The van der Waals surface area contributed by atoms with Gasteiger partial charge in [-0.2, -0.15) is 0 Å². The molecule has 4 heteroatoms. The van der Waals surface area contributed by atoms with Crippen molar-refractivity contribution in [3.05, 3.63) is 0 Å². The maximum absolute atomic E-state index is 10.3. The zero-order valence-electron chi connectivity index (χ0n) is 6.45. The Morgan fingerprint density at radius 2 is 2.55 bits per heavy atom. The second kappa shape index (κ2) is 3.69. The van der Waals surface area contributed by atoms with Crippen molar-refractivity contribution in [2.24, 2.45) is 0 Å². The number of rotatable bonds is 2. The molecule has 1 heterocycles. The molecule has 2 atom stereocenters. The fourth-order valence-electron chi connectivity index (χ4n) is 0.996. The lowest BCUT2D eigenvalue weighted by atomic mass is 10.2. The second-order valence-electron chi connectivity index (χ2n) is 2.57. The van der Waals surface area contributed by atoms with Crippen molar-refractivity contribution in [1.82, 2.24) is 0 Å². The lowest BCUT2D eigenvalue weighted by Gasteiger charge is -2.12. The molecule has 1 fully saturated rings. The summed E-state index contributed by atoms with van der Waals surface area (Å²) in [4.78, 5) is 10.3. The summed E-state index contributed by atoms with van der Waals surface area (Å²) in [6.07, 6.45) is -0.167. The van der Waals surface area contributed by atoms with E-state index >= 15 is 0 Å². The van der Waals surface area contributed by atoms with Crippen LogP contribution in [0.3, 0.4) is 0 Å². The van der Waals surface area contributed by atoms with Gasteiger partial charge in [0.15, 0.2) is 0 Å². The highest BCUT2D eigenvalue weighted by Crippen LogP contribution is 2.13. The van der Waals surface area contributed by atoms with Gasteiger partial charge in [-0.25, -0.2) is 0 Å². The predicted molar refractivity (Wildman–Crippen MR) is 37.0 cm³/mol. The van der Waals surface area contributed by atoms with Crippen LogP contribution in [-0.4, -0.2) is 36.5 Å². The number of aliphatic hydroxyl groups is 1. The average Bonchev–Trinajstić information content (AvgIpc) is 2.31. The third-order valence-electron chi connectivity index (χ3n) is 1.63. The minimum atomic E-state index is -0.477. The number of carbonyl (C=O) groups is 1. The van der Waals surface area contributed by atoms with Crippen molar-refractivity contribution in [3.63, 3.8) is 0 Å². The van der Waals surface area contributed by atoms with Gasteiger partial charge in [-0.1, -0.05) is 0 Å². The minimum absolute atomic E-state index is 0.163. The maximum atomic E-state index is 10.3. The van der Waals surface area contributed by atoms with E-state index in [0.717, 1.165) is 0 Å². The Labute approximate surface area is 65.1 Å². The Hall–Kier alpha value is -0.610. The SMILES string of the molecule is CC(=O)OC[C@H]1OCC[C@@H]1O. The summed E-state index contributed by atoms with van der Waals surface area (Å²) < 4.78 is 9.76. The molecule has 1 aliphatic heterocycles. The third kappa shape index (κ3) is 2.48. The molecule has 0 aromatic carbocycles.